The van der Waals surface area contributed by atoms with Gasteiger partial charge in [0.2, 0.25) is 0 Å². The summed E-state index contributed by atoms with van der Waals surface area (Å²) in [7, 11) is 0. The Labute approximate surface area is 169 Å². The van der Waals surface area contributed by atoms with E-state index in [1.54, 1.807) is 12.3 Å². The Morgan fingerprint density at radius 3 is 2.52 bits per heavy atom. The van der Waals surface area contributed by atoms with Gasteiger partial charge in [0.25, 0.3) is 0 Å². The van der Waals surface area contributed by atoms with Crippen LogP contribution in [0.15, 0.2) is 65.8 Å². The van der Waals surface area contributed by atoms with Crippen molar-refractivity contribution in [3.8, 4) is 5.75 Å². The molecule has 3 nitrogen and oxygen atoms in total. The van der Waals surface area contributed by atoms with E-state index in [1.807, 2.05) is 42.5 Å². The van der Waals surface area contributed by atoms with Gasteiger partial charge in [-0.3, -0.25) is 5.43 Å². The summed E-state index contributed by atoms with van der Waals surface area (Å²) in [6.07, 6.45) is 1.75. The SMILES string of the molecule is Cc1ccc(NN=Cc2ccccc2OCc2ccc(Cl)c(Cl)c2)cc1C. The van der Waals surface area contributed by atoms with Crippen LogP contribution in [0.25, 0.3) is 0 Å². The maximum Gasteiger partial charge on any atom is 0.128 e. The Morgan fingerprint density at radius 2 is 1.74 bits per heavy atom. The molecule has 3 aromatic carbocycles. The summed E-state index contributed by atoms with van der Waals surface area (Å²) in [5.41, 5.74) is 8.32. The van der Waals surface area contributed by atoms with Crippen LogP contribution >= 0.6 is 23.2 Å². The van der Waals surface area contributed by atoms with Crippen LogP contribution < -0.4 is 10.2 Å². The van der Waals surface area contributed by atoms with Crippen molar-refractivity contribution in [2.75, 3.05) is 5.43 Å². The first-order chi connectivity index (χ1) is 13.0. The summed E-state index contributed by atoms with van der Waals surface area (Å²) >= 11 is 12.0. The van der Waals surface area contributed by atoms with Gasteiger partial charge in [-0.15, -0.1) is 0 Å². The van der Waals surface area contributed by atoms with Gasteiger partial charge in [-0.05, 0) is 66.9 Å². The van der Waals surface area contributed by atoms with E-state index in [-0.39, 0.29) is 0 Å². The highest BCUT2D eigenvalue weighted by Gasteiger charge is 2.04. The Bertz CT molecular complexity index is 970. The molecule has 27 heavy (non-hydrogen) atoms. The molecule has 0 fully saturated rings. The topological polar surface area (TPSA) is 33.6 Å². The van der Waals surface area contributed by atoms with Gasteiger partial charge in [0.1, 0.15) is 12.4 Å². The highest BCUT2D eigenvalue weighted by Crippen LogP contribution is 2.24. The second-order valence-corrected chi connectivity index (χ2v) is 7.06. The number of ether oxygens (including phenoxy) is 1. The van der Waals surface area contributed by atoms with Crippen molar-refractivity contribution in [3.05, 3.63) is 93.0 Å². The van der Waals surface area contributed by atoms with Crippen LogP contribution in [0.4, 0.5) is 5.69 Å². The third kappa shape index (κ3) is 5.25. The lowest BCUT2D eigenvalue weighted by atomic mass is 10.1. The molecule has 0 saturated carbocycles. The standard InChI is InChI=1S/C22H20Cl2N2O/c1-15-7-9-19(11-16(15)2)26-25-13-18-5-3-4-6-22(18)27-14-17-8-10-20(23)21(24)12-17/h3-13,26H,14H2,1-2H3. The van der Waals surface area contributed by atoms with Crippen LogP contribution in [-0.4, -0.2) is 6.21 Å². The minimum absolute atomic E-state index is 0.395. The van der Waals surface area contributed by atoms with E-state index in [0.717, 1.165) is 22.6 Å². The number of benzene rings is 3. The monoisotopic (exact) mass is 398 g/mol. The number of para-hydroxylation sites is 1. The molecule has 0 aliphatic rings. The van der Waals surface area contributed by atoms with Crippen molar-refractivity contribution in [2.24, 2.45) is 5.10 Å². The number of nitrogens with zero attached hydrogens (tertiary/aromatic N) is 1. The van der Waals surface area contributed by atoms with Crippen molar-refractivity contribution in [1.82, 2.24) is 0 Å². The number of hydrazone groups is 1. The fourth-order valence-electron chi connectivity index (χ4n) is 2.50. The number of nitrogens with one attached hydrogen (secondary N) is 1. The van der Waals surface area contributed by atoms with Crippen LogP contribution in [0.5, 0.6) is 5.75 Å². The fraction of sp³-hybridized carbons (Fsp3) is 0.136. The summed E-state index contributed by atoms with van der Waals surface area (Å²) in [4.78, 5) is 0. The first-order valence-electron chi connectivity index (χ1n) is 8.55. The van der Waals surface area contributed by atoms with Gasteiger partial charge in [0, 0.05) is 5.56 Å². The summed E-state index contributed by atoms with van der Waals surface area (Å²) < 4.78 is 5.93. The Kier molecular flexibility index (Phi) is 6.38. The maximum atomic E-state index is 6.06. The lowest BCUT2D eigenvalue weighted by Gasteiger charge is -2.10. The first-order valence-corrected chi connectivity index (χ1v) is 9.30. The number of hydrogen-bond acceptors (Lipinski definition) is 3. The quantitative estimate of drug-likeness (QED) is 0.373. The predicted molar refractivity (Wildman–Crippen MR) is 114 cm³/mol. The van der Waals surface area contributed by atoms with E-state index >= 15 is 0 Å². The number of anilines is 1. The summed E-state index contributed by atoms with van der Waals surface area (Å²) in [5.74, 6) is 0.745. The Hall–Kier alpha value is -2.49. The van der Waals surface area contributed by atoms with Gasteiger partial charge in [0.15, 0.2) is 0 Å². The van der Waals surface area contributed by atoms with Gasteiger partial charge in [-0.1, -0.05) is 47.5 Å². The van der Waals surface area contributed by atoms with Crippen molar-refractivity contribution < 1.29 is 4.74 Å². The van der Waals surface area contributed by atoms with E-state index in [2.05, 4.69) is 36.5 Å². The highest BCUT2D eigenvalue weighted by atomic mass is 35.5. The molecule has 0 aliphatic carbocycles. The van der Waals surface area contributed by atoms with Gasteiger partial charge < -0.3 is 4.74 Å². The molecule has 1 N–H and O–H groups in total. The van der Waals surface area contributed by atoms with Crippen LogP contribution in [0.3, 0.4) is 0 Å². The smallest absolute Gasteiger partial charge is 0.128 e. The molecule has 0 spiro atoms. The molecule has 0 saturated heterocycles. The third-order valence-electron chi connectivity index (χ3n) is 4.20. The normalized spacial score (nSPS) is 11.0. The molecule has 3 aromatic rings. The van der Waals surface area contributed by atoms with Crippen molar-refractivity contribution in [3.63, 3.8) is 0 Å². The second-order valence-electron chi connectivity index (χ2n) is 6.24. The largest absolute Gasteiger partial charge is 0.488 e. The van der Waals surface area contributed by atoms with E-state index in [0.29, 0.717) is 16.7 Å². The van der Waals surface area contributed by atoms with Gasteiger partial charge in [-0.25, -0.2) is 0 Å². The molecule has 0 unspecified atom stereocenters. The first kappa shape index (κ1) is 19.3. The summed E-state index contributed by atoms with van der Waals surface area (Å²) in [6, 6.07) is 19.4. The summed E-state index contributed by atoms with van der Waals surface area (Å²) in [6.45, 7) is 4.56. The van der Waals surface area contributed by atoms with Crippen LogP contribution in [0.2, 0.25) is 10.0 Å². The zero-order valence-corrected chi connectivity index (χ0v) is 16.7. The number of rotatable bonds is 6. The third-order valence-corrected chi connectivity index (χ3v) is 4.94. The summed E-state index contributed by atoms with van der Waals surface area (Å²) in [5, 5.41) is 5.38. The average molecular weight is 399 g/mol. The molecule has 0 aliphatic heterocycles. The van der Waals surface area contributed by atoms with Gasteiger partial charge in [-0.2, -0.15) is 5.10 Å². The molecule has 5 heteroatoms. The molecule has 0 heterocycles. The molecule has 3 rings (SSSR count). The Morgan fingerprint density at radius 1 is 0.926 bits per heavy atom. The average Bonchev–Trinajstić information content (AvgIpc) is 2.66. The van der Waals surface area contributed by atoms with Crippen molar-refractivity contribution >= 4 is 35.1 Å². The van der Waals surface area contributed by atoms with Crippen LogP contribution in [-0.2, 0) is 6.61 Å². The number of halogens is 2. The highest BCUT2D eigenvalue weighted by molar-refractivity contribution is 6.42. The van der Waals surface area contributed by atoms with Gasteiger partial charge in [0.05, 0.1) is 21.9 Å². The molecule has 0 amide bonds. The minimum Gasteiger partial charge on any atom is -0.488 e. The second kappa shape index (κ2) is 8.94. The number of hydrogen-bond donors (Lipinski definition) is 1. The molecule has 0 atom stereocenters. The van der Waals surface area contributed by atoms with Crippen LogP contribution in [0, 0.1) is 13.8 Å². The lowest BCUT2D eigenvalue weighted by Crippen LogP contribution is -1.99. The van der Waals surface area contributed by atoms with Crippen molar-refractivity contribution in [2.45, 2.75) is 20.5 Å². The fourth-order valence-corrected chi connectivity index (χ4v) is 2.82. The minimum atomic E-state index is 0.395. The zero-order valence-electron chi connectivity index (χ0n) is 15.2. The molecule has 0 bridgehead atoms. The van der Waals surface area contributed by atoms with E-state index in [4.69, 9.17) is 27.9 Å². The van der Waals surface area contributed by atoms with E-state index in [1.165, 1.54) is 11.1 Å². The van der Waals surface area contributed by atoms with E-state index < -0.39 is 0 Å². The molecule has 0 aromatic heterocycles. The lowest BCUT2D eigenvalue weighted by molar-refractivity contribution is 0.306. The van der Waals surface area contributed by atoms with E-state index in [9.17, 15) is 0 Å². The predicted octanol–water partition coefficient (Wildman–Crippen LogP) is 6.64. The maximum absolute atomic E-state index is 6.06. The number of aryl methyl sites for hydroxylation is 2. The van der Waals surface area contributed by atoms with Crippen molar-refractivity contribution in [1.29, 1.82) is 0 Å². The molecular formula is C22H20Cl2N2O. The van der Waals surface area contributed by atoms with Crippen LogP contribution in [0.1, 0.15) is 22.3 Å². The zero-order chi connectivity index (χ0) is 19.2. The molecule has 0 radical (unpaired) electrons. The Balaban J connectivity index is 1.67. The molecular weight excluding hydrogens is 379 g/mol. The molecule has 138 valence electrons. The van der Waals surface area contributed by atoms with Gasteiger partial charge >= 0.3 is 0 Å².